The maximum Gasteiger partial charge on any atom is 0.120 e. The lowest BCUT2D eigenvalue weighted by atomic mass is 10.1. The molecule has 0 bridgehead atoms. The normalized spacial score (nSPS) is 11.0. The minimum absolute atomic E-state index is 0.554. The number of pyridine rings is 1. The van der Waals surface area contributed by atoms with Crippen LogP contribution >= 0.6 is 0 Å². The van der Waals surface area contributed by atoms with Crippen LogP contribution in [0.2, 0.25) is 0 Å². The smallest absolute Gasteiger partial charge is 0.120 e. The predicted octanol–water partition coefficient (Wildman–Crippen LogP) is 3.35. The van der Waals surface area contributed by atoms with Crippen molar-refractivity contribution in [2.75, 3.05) is 19.8 Å². The van der Waals surface area contributed by atoms with Gasteiger partial charge in [0.2, 0.25) is 0 Å². The van der Waals surface area contributed by atoms with E-state index in [1.807, 2.05) is 31.2 Å². The van der Waals surface area contributed by atoms with Gasteiger partial charge in [-0.1, -0.05) is 0 Å². The number of aryl methyl sites for hydroxylation is 1. The van der Waals surface area contributed by atoms with E-state index in [2.05, 4.69) is 28.2 Å². The Balaban J connectivity index is 1.86. The standard InChI is InChI=1S/C17H19N3O2/c1-3-21-8-9-22-13-4-5-15-14(11-13)12(2)10-17(19-15)16-6-7-18-20-16/h4-7,10-11H,3,8-9H2,1-2H3,(H,18,20). The minimum atomic E-state index is 0.554. The average molecular weight is 297 g/mol. The lowest BCUT2D eigenvalue weighted by Gasteiger charge is -2.09. The number of fused-ring (bicyclic) bond motifs is 1. The first-order valence-electron chi connectivity index (χ1n) is 7.39. The molecular formula is C17H19N3O2. The van der Waals surface area contributed by atoms with Gasteiger partial charge in [-0.15, -0.1) is 0 Å². The zero-order valence-corrected chi connectivity index (χ0v) is 12.8. The summed E-state index contributed by atoms with van der Waals surface area (Å²) in [5, 5.41) is 8.01. The van der Waals surface area contributed by atoms with Crippen molar-refractivity contribution in [3.8, 4) is 17.1 Å². The Bertz CT molecular complexity index is 754. The molecule has 0 atom stereocenters. The van der Waals surface area contributed by atoms with Gasteiger partial charge < -0.3 is 9.47 Å². The Morgan fingerprint density at radius 2 is 2.05 bits per heavy atom. The van der Waals surface area contributed by atoms with Crippen molar-refractivity contribution in [3.63, 3.8) is 0 Å². The monoisotopic (exact) mass is 297 g/mol. The fourth-order valence-corrected chi connectivity index (χ4v) is 2.36. The third-order valence-electron chi connectivity index (χ3n) is 3.46. The highest BCUT2D eigenvalue weighted by Gasteiger charge is 2.07. The number of aromatic amines is 1. The Hall–Kier alpha value is -2.40. The number of aromatic nitrogens is 3. The fraction of sp³-hybridized carbons (Fsp3) is 0.294. The first-order chi connectivity index (χ1) is 10.8. The van der Waals surface area contributed by atoms with E-state index in [0.29, 0.717) is 19.8 Å². The van der Waals surface area contributed by atoms with Gasteiger partial charge in [-0.25, -0.2) is 4.98 Å². The molecule has 0 aliphatic heterocycles. The molecule has 5 nitrogen and oxygen atoms in total. The van der Waals surface area contributed by atoms with Gasteiger partial charge >= 0.3 is 0 Å². The molecule has 1 aromatic carbocycles. The van der Waals surface area contributed by atoms with Crippen LogP contribution in [0.15, 0.2) is 36.5 Å². The maximum absolute atomic E-state index is 5.70. The van der Waals surface area contributed by atoms with Crippen molar-refractivity contribution < 1.29 is 9.47 Å². The van der Waals surface area contributed by atoms with Gasteiger partial charge in [0.1, 0.15) is 12.4 Å². The topological polar surface area (TPSA) is 60.0 Å². The van der Waals surface area contributed by atoms with Crippen LogP contribution < -0.4 is 4.74 Å². The van der Waals surface area contributed by atoms with Crippen LogP contribution in [0.25, 0.3) is 22.3 Å². The molecule has 0 spiro atoms. The summed E-state index contributed by atoms with van der Waals surface area (Å²) in [6.07, 6.45) is 1.73. The first kappa shape index (κ1) is 14.5. The minimum Gasteiger partial charge on any atom is -0.491 e. The Morgan fingerprint density at radius 1 is 1.14 bits per heavy atom. The molecule has 0 fully saturated rings. The van der Waals surface area contributed by atoms with Gasteiger partial charge in [-0.2, -0.15) is 5.10 Å². The van der Waals surface area contributed by atoms with Crippen LogP contribution in [0.1, 0.15) is 12.5 Å². The third-order valence-corrected chi connectivity index (χ3v) is 3.46. The Labute approximate surface area is 129 Å². The summed E-state index contributed by atoms with van der Waals surface area (Å²) in [6, 6.07) is 9.93. The van der Waals surface area contributed by atoms with Gasteiger partial charge in [-0.3, -0.25) is 5.10 Å². The van der Waals surface area contributed by atoms with Crippen molar-refractivity contribution >= 4 is 10.9 Å². The first-order valence-corrected chi connectivity index (χ1v) is 7.39. The predicted molar refractivity (Wildman–Crippen MR) is 86.0 cm³/mol. The molecule has 0 saturated heterocycles. The van der Waals surface area contributed by atoms with Crippen LogP contribution in [0.5, 0.6) is 5.75 Å². The molecule has 2 aromatic heterocycles. The highest BCUT2D eigenvalue weighted by Crippen LogP contribution is 2.26. The summed E-state index contributed by atoms with van der Waals surface area (Å²) in [6.45, 7) is 5.92. The molecule has 114 valence electrons. The van der Waals surface area contributed by atoms with E-state index in [9.17, 15) is 0 Å². The van der Waals surface area contributed by atoms with Crippen LogP contribution in [0.3, 0.4) is 0 Å². The van der Waals surface area contributed by atoms with Crippen LogP contribution in [0.4, 0.5) is 0 Å². The van der Waals surface area contributed by atoms with E-state index in [4.69, 9.17) is 9.47 Å². The van der Waals surface area contributed by atoms with Gasteiger partial charge in [-0.05, 0) is 49.7 Å². The van der Waals surface area contributed by atoms with E-state index < -0.39 is 0 Å². The molecule has 5 heteroatoms. The molecule has 0 saturated carbocycles. The zero-order chi connectivity index (χ0) is 15.4. The number of H-pyrrole nitrogens is 1. The highest BCUT2D eigenvalue weighted by atomic mass is 16.5. The average Bonchev–Trinajstić information content (AvgIpc) is 3.06. The number of benzene rings is 1. The zero-order valence-electron chi connectivity index (χ0n) is 12.8. The van der Waals surface area contributed by atoms with Crippen molar-refractivity contribution in [1.29, 1.82) is 0 Å². The second-order valence-electron chi connectivity index (χ2n) is 5.02. The number of rotatable bonds is 6. The second-order valence-corrected chi connectivity index (χ2v) is 5.02. The van der Waals surface area contributed by atoms with E-state index in [0.717, 1.165) is 33.6 Å². The van der Waals surface area contributed by atoms with E-state index in [1.54, 1.807) is 6.20 Å². The van der Waals surface area contributed by atoms with Gasteiger partial charge in [0.25, 0.3) is 0 Å². The van der Waals surface area contributed by atoms with Crippen LogP contribution in [-0.4, -0.2) is 35.0 Å². The molecule has 0 aliphatic carbocycles. The summed E-state index contributed by atoms with van der Waals surface area (Å²) in [5.41, 5.74) is 3.92. The molecule has 2 heterocycles. The van der Waals surface area contributed by atoms with Crippen molar-refractivity contribution in [3.05, 3.63) is 42.1 Å². The maximum atomic E-state index is 5.70. The molecule has 0 radical (unpaired) electrons. The Kier molecular flexibility index (Phi) is 4.34. The molecule has 22 heavy (non-hydrogen) atoms. The number of nitrogens with zero attached hydrogens (tertiary/aromatic N) is 2. The summed E-state index contributed by atoms with van der Waals surface area (Å²) in [7, 11) is 0. The SMILES string of the molecule is CCOCCOc1ccc2nc(-c3ccn[nH]3)cc(C)c2c1. The third kappa shape index (κ3) is 3.09. The quantitative estimate of drug-likeness (QED) is 0.709. The van der Waals surface area contributed by atoms with Crippen LogP contribution in [-0.2, 0) is 4.74 Å². The largest absolute Gasteiger partial charge is 0.491 e. The molecule has 0 aliphatic rings. The molecule has 0 unspecified atom stereocenters. The lowest BCUT2D eigenvalue weighted by molar-refractivity contribution is 0.110. The van der Waals surface area contributed by atoms with Gasteiger partial charge in [0.15, 0.2) is 0 Å². The second kappa shape index (κ2) is 6.58. The summed E-state index contributed by atoms with van der Waals surface area (Å²) in [4.78, 5) is 4.68. The van der Waals surface area contributed by atoms with Crippen molar-refractivity contribution in [1.82, 2.24) is 15.2 Å². The summed E-state index contributed by atoms with van der Waals surface area (Å²) in [5.74, 6) is 0.839. The highest BCUT2D eigenvalue weighted by molar-refractivity contribution is 5.85. The fourth-order valence-electron chi connectivity index (χ4n) is 2.36. The van der Waals surface area contributed by atoms with Gasteiger partial charge in [0, 0.05) is 18.2 Å². The number of nitrogens with one attached hydrogen (secondary N) is 1. The van der Waals surface area contributed by atoms with Crippen molar-refractivity contribution in [2.24, 2.45) is 0 Å². The lowest BCUT2D eigenvalue weighted by Crippen LogP contribution is -2.06. The molecule has 3 rings (SSSR count). The van der Waals surface area contributed by atoms with E-state index in [1.165, 1.54) is 0 Å². The molecular weight excluding hydrogens is 278 g/mol. The number of ether oxygens (including phenoxy) is 2. The van der Waals surface area contributed by atoms with Crippen molar-refractivity contribution in [2.45, 2.75) is 13.8 Å². The molecule has 0 amide bonds. The van der Waals surface area contributed by atoms with E-state index in [-0.39, 0.29) is 0 Å². The summed E-state index contributed by atoms with van der Waals surface area (Å²) < 4.78 is 11.0. The van der Waals surface area contributed by atoms with Gasteiger partial charge in [0.05, 0.1) is 23.5 Å². The van der Waals surface area contributed by atoms with E-state index >= 15 is 0 Å². The Morgan fingerprint density at radius 3 is 2.82 bits per heavy atom. The molecule has 3 aromatic rings. The molecule has 1 N–H and O–H groups in total. The number of hydrogen-bond acceptors (Lipinski definition) is 4. The van der Waals surface area contributed by atoms with Crippen LogP contribution in [0, 0.1) is 6.92 Å². The summed E-state index contributed by atoms with van der Waals surface area (Å²) >= 11 is 0. The number of hydrogen-bond donors (Lipinski definition) is 1.